The average molecular weight is 1900 g/mol. The van der Waals surface area contributed by atoms with Crippen molar-refractivity contribution < 1.29 is 6.85 Å². The predicted octanol–water partition coefficient (Wildman–Crippen LogP) is 34.6. The largest absolute Gasteiger partial charge is 0.308 e. The highest BCUT2D eigenvalue weighted by Crippen LogP contribution is 2.53. The second-order valence-corrected chi connectivity index (χ2v) is 39.2. The number of pyridine rings is 3. The molecule has 0 unspecified atom stereocenters. The molecule has 0 N–H and O–H groups in total. The van der Waals surface area contributed by atoms with Crippen molar-refractivity contribution in [1.29, 1.82) is 0 Å². The molecule has 31 aromatic rings. The third-order valence-electron chi connectivity index (χ3n) is 28.0. The van der Waals surface area contributed by atoms with Crippen LogP contribution in [0.1, 0.15) is 6.85 Å². The molecule has 0 atom stereocenters. The van der Waals surface area contributed by atoms with Crippen molar-refractivity contribution in [2.45, 2.75) is 0 Å². The summed E-state index contributed by atoms with van der Waals surface area (Å²) in [5.41, 5.74) is 20.8. The lowest BCUT2D eigenvalue weighted by molar-refractivity contribution is 1.17. The van der Waals surface area contributed by atoms with Gasteiger partial charge in [-0.2, -0.15) is 0 Å². The fourth-order valence-electron chi connectivity index (χ4n) is 21.9. The van der Waals surface area contributed by atoms with Gasteiger partial charge in [0, 0.05) is 164 Å². The van der Waals surface area contributed by atoms with Crippen LogP contribution >= 0.6 is 34.0 Å². The summed E-state index contributed by atoms with van der Waals surface area (Å²) in [4.78, 5) is 44.0. The molecule has 0 spiro atoms. The van der Waals surface area contributed by atoms with Gasteiger partial charge >= 0.3 is 0 Å². The number of aromatic nitrogens is 12. The van der Waals surface area contributed by atoms with Gasteiger partial charge in [0.25, 0.3) is 0 Å². The van der Waals surface area contributed by atoms with E-state index < -0.39 is 18.1 Å². The molecule has 12 nitrogen and oxygen atoms in total. The van der Waals surface area contributed by atoms with Gasteiger partial charge in [0.15, 0.2) is 34.4 Å². The fourth-order valence-corrected chi connectivity index (χ4v) is 25.6. The van der Waals surface area contributed by atoms with Crippen molar-refractivity contribution in [1.82, 2.24) is 58.6 Å². The van der Waals surface area contributed by atoms with Gasteiger partial charge in [-0.3, -0.25) is 0 Å². The molecule has 15 heteroatoms. The number of para-hydroxylation sites is 3. The summed E-state index contributed by atoms with van der Waals surface area (Å²) in [6.07, 6.45) is 5.22. The first-order chi connectivity index (χ1) is 73.5. The smallest absolute Gasteiger partial charge is 0.163 e. The Morgan fingerprint density at radius 3 is 0.812 bits per heavy atom. The number of thiophene rings is 3. The zero-order chi connectivity index (χ0) is 98.9. The van der Waals surface area contributed by atoms with Crippen LogP contribution in [0.15, 0.2) is 461 Å². The number of rotatable bonds is 10. The minimum atomic E-state index is -0.454. The number of hydrogen-bond donors (Lipinski definition) is 0. The molecule has 12 aromatic heterocycles. The SMILES string of the molecule is [2H]c1c([2H])c([2H])c(-c2nc(-c3cccc(-n4c5ccccc5c5c6ccccc6c6c7ccccc7sc6c54)c3)nc3ncccc23)c([2H])c1[2H].c1ccc(-c2ccc(-c3nc(-c4cccc(-n5c6ccccc6c6c7ccccc7c7c8ccccc8sc7c65)c4)nc4ncccc34)cc2)cc1.c1ccc(-c2nc(-c3cccc(-n4c5ccccc5c5c6ccccc6c6c7ccccc7sc6c54)c3)nc3ncccc23)cc1. The van der Waals surface area contributed by atoms with Crippen LogP contribution in [0, 0.1) is 0 Å². The van der Waals surface area contributed by atoms with E-state index in [4.69, 9.17) is 41.7 Å². The summed E-state index contributed by atoms with van der Waals surface area (Å²) in [7, 11) is 0. The molecule has 0 saturated heterocycles. The van der Waals surface area contributed by atoms with Gasteiger partial charge in [0.2, 0.25) is 0 Å². The quantitative estimate of drug-likeness (QED) is 0.131. The van der Waals surface area contributed by atoms with E-state index in [1.54, 1.807) is 42.1 Å². The van der Waals surface area contributed by atoms with E-state index in [2.05, 4.69) is 369 Å². The zero-order valence-electron chi connectivity index (χ0n) is 81.6. The highest BCUT2D eigenvalue weighted by molar-refractivity contribution is 7.28. The van der Waals surface area contributed by atoms with Gasteiger partial charge in [-0.25, -0.2) is 44.9 Å². The van der Waals surface area contributed by atoms with Crippen LogP contribution in [0.2, 0.25) is 0 Å². The molecule has 12 heterocycles. The van der Waals surface area contributed by atoms with Gasteiger partial charge in [0.05, 0.1) is 71.1 Å². The summed E-state index contributed by atoms with van der Waals surface area (Å²) in [5, 5.41) is 25.0. The number of nitrogens with zero attached hydrogens (tertiary/aromatic N) is 12. The van der Waals surface area contributed by atoms with Crippen molar-refractivity contribution in [3.05, 3.63) is 461 Å². The second kappa shape index (κ2) is 33.7. The minimum absolute atomic E-state index is 0.0141. The van der Waals surface area contributed by atoms with Crippen LogP contribution < -0.4 is 0 Å². The first kappa shape index (κ1) is 77.4. The molecule has 670 valence electrons. The Labute approximate surface area is 842 Å². The highest BCUT2D eigenvalue weighted by Gasteiger charge is 2.29. The van der Waals surface area contributed by atoms with Crippen LogP contribution in [-0.2, 0) is 0 Å². The molecule has 0 radical (unpaired) electrons. The third-order valence-corrected chi connectivity index (χ3v) is 31.5. The van der Waals surface area contributed by atoms with E-state index in [-0.39, 0.29) is 23.3 Å². The topological polar surface area (TPSA) is 131 Å². The molecule has 0 aliphatic rings. The van der Waals surface area contributed by atoms with E-state index >= 15 is 0 Å². The lowest BCUT2D eigenvalue weighted by atomic mass is 9.99. The number of fused-ring (bicyclic) bond motifs is 33. The van der Waals surface area contributed by atoms with E-state index in [0.717, 1.165) is 77.9 Å². The van der Waals surface area contributed by atoms with Gasteiger partial charge in [-0.1, -0.05) is 334 Å². The lowest BCUT2D eigenvalue weighted by Crippen LogP contribution is -1.98. The molecule has 0 bridgehead atoms. The molecule has 144 heavy (non-hydrogen) atoms. The van der Waals surface area contributed by atoms with Crippen LogP contribution in [0.3, 0.4) is 0 Å². The third kappa shape index (κ3) is 13.3. The van der Waals surface area contributed by atoms with Gasteiger partial charge in [-0.15, -0.1) is 34.0 Å². The van der Waals surface area contributed by atoms with E-state index in [0.29, 0.717) is 45.4 Å². The van der Waals surface area contributed by atoms with E-state index in [9.17, 15) is 0 Å². The van der Waals surface area contributed by atoms with Crippen LogP contribution in [0.4, 0.5) is 0 Å². The Morgan fingerprint density at radius 1 is 0.194 bits per heavy atom. The summed E-state index contributed by atoms with van der Waals surface area (Å²) >= 11 is 5.56. The lowest BCUT2D eigenvalue weighted by Gasteiger charge is -2.13. The maximum atomic E-state index is 8.71. The van der Waals surface area contributed by atoms with Crippen molar-refractivity contribution in [2.75, 3.05) is 0 Å². The Bertz CT molecular complexity index is 11100. The fraction of sp³-hybridized carbons (Fsp3) is 0. The maximum Gasteiger partial charge on any atom is 0.163 e. The Hall–Kier alpha value is -18.5. The van der Waals surface area contributed by atoms with Crippen molar-refractivity contribution in [2.24, 2.45) is 0 Å². The van der Waals surface area contributed by atoms with Crippen LogP contribution in [-0.4, -0.2) is 58.6 Å². The molecule has 0 aliphatic heterocycles. The first-order valence-corrected chi connectivity index (χ1v) is 50.2. The zero-order valence-corrected chi connectivity index (χ0v) is 79.0. The van der Waals surface area contributed by atoms with Gasteiger partial charge in [-0.05, 0) is 153 Å². The molecule has 0 amide bonds. The summed E-state index contributed by atoms with van der Waals surface area (Å²) in [6, 6.07) is 143. The van der Waals surface area contributed by atoms with E-state index in [1.165, 1.54) is 153 Å². The Balaban J connectivity index is 0.000000105. The first-order valence-electron chi connectivity index (χ1n) is 50.3. The summed E-state index contributed by atoms with van der Waals surface area (Å²) < 4.78 is 57.0. The molecular weight excluding hydrogens is 1810 g/mol. The monoisotopic (exact) mass is 1890 g/mol. The average Bonchev–Trinajstić information content (AvgIpc) is 1.54. The highest BCUT2D eigenvalue weighted by atomic mass is 32.1. The predicted molar refractivity (Wildman–Crippen MR) is 604 cm³/mol. The van der Waals surface area contributed by atoms with Crippen molar-refractivity contribution >= 4 is 225 Å². The molecule has 0 aliphatic carbocycles. The number of hydrogen-bond acceptors (Lipinski definition) is 12. The van der Waals surface area contributed by atoms with Crippen molar-refractivity contribution in [3.8, 4) is 96.1 Å². The molecule has 0 fully saturated rings. The normalized spacial score (nSPS) is 12.4. The molecule has 19 aromatic carbocycles. The standard InChI is InChI=1S/C47H28N4S.2C41H24N4S/c1-2-12-29(13-3-1)30-23-25-31(26-24-30)43-38-20-11-27-48-47(38)50-46(49-43)32-14-10-15-33(28-32)51-39-21-8-6-18-36(39)41-34-16-4-5-17-35(34)42-37-19-7-9-22-40(37)52-45(42)44(41)51;2*1-2-12-25(13-3-1)37-32-20-11-23-42-41(32)44-40(43-37)26-14-10-15-27(24-26)45-33-21-8-6-18-30(33)35-28-16-4-5-17-29(28)36-31-19-7-9-22-34(31)46-39(36)38(35)45/h1-28H;2*1-24H/i;1D,2D,3D,12D,13D;. The summed E-state index contributed by atoms with van der Waals surface area (Å²) in [6.45, 7) is 0. The summed E-state index contributed by atoms with van der Waals surface area (Å²) in [5.74, 6) is 1.64. The molecular formula is C129H76N12S3. The minimum Gasteiger partial charge on any atom is -0.308 e. The number of benzene rings is 19. The van der Waals surface area contributed by atoms with E-state index in [1.807, 2.05) is 77.3 Å². The van der Waals surface area contributed by atoms with Gasteiger partial charge < -0.3 is 13.7 Å². The maximum absolute atomic E-state index is 8.71. The van der Waals surface area contributed by atoms with Crippen molar-refractivity contribution in [3.63, 3.8) is 0 Å². The molecule has 31 rings (SSSR count). The van der Waals surface area contributed by atoms with Crippen LogP contribution in [0.25, 0.3) is 287 Å². The Morgan fingerprint density at radius 2 is 0.458 bits per heavy atom. The van der Waals surface area contributed by atoms with Gasteiger partial charge in [0.1, 0.15) is 0 Å². The molecule has 0 saturated carbocycles. The second-order valence-electron chi connectivity index (χ2n) is 36.0. The Kier molecular flexibility index (Phi) is 18.1. The van der Waals surface area contributed by atoms with Crippen LogP contribution in [0.5, 0.6) is 0 Å².